The first-order valence-electron chi connectivity index (χ1n) is 4.52. The van der Waals surface area contributed by atoms with Gasteiger partial charge in [0.2, 0.25) is 0 Å². The van der Waals surface area contributed by atoms with Crippen molar-refractivity contribution in [3.63, 3.8) is 0 Å². The van der Waals surface area contributed by atoms with Gasteiger partial charge in [0.15, 0.2) is 0 Å². The van der Waals surface area contributed by atoms with Gasteiger partial charge in [0.05, 0.1) is 5.71 Å². The molecule has 0 saturated carbocycles. The van der Waals surface area contributed by atoms with Crippen LogP contribution in [0.5, 0.6) is 5.75 Å². The molecule has 0 unspecified atom stereocenters. The molecule has 1 aromatic rings. The molecule has 0 heterocycles. The van der Waals surface area contributed by atoms with E-state index in [1.165, 1.54) is 0 Å². The molecule has 0 bridgehead atoms. The van der Waals surface area contributed by atoms with E-state index in [0.717, 1.165) is 24.0 Å². The van der Waals surface area contributed by atoms with Gasteiger partial charge in [-0.15, -0.1) is 0 Å². The molecule has 72 valence electrons. The normalized spacial score (nSPS) is 18.6. The first-order chi connectivity index (χ1) is 6.81. The summed E-state index contributed by atoms with van der Waals surface area (Å²) in [5, 5.41) is 21.3. The smallest absolute Gasteiger partial charge is 0.116 e. The van der Waals surface area contributed by atoms with Crippen LogP contribution in [0.2, 0.25) is 0 Å². The average Bonchev–Trinajstić information content (AvgIpc) is 2.65. The molecule has 1 aliphatic carbocycles. The zero-order valence-electron chi connectivity index (χ0n) is 7.64. The first kappa shape index (κ1) is 8.81. The summed E-state index contributed by atoms with van der Waals surface area (Å²) in [7, 11) is 0. The van der Waals surface area contributed by atoms with Crippen LogP contribution in [-0.4, -0.2) is 16.0 Å². The Morgan fingerprint density at radius 2 is 2.14 bits per heavy atom. The molecule has 3 nitrogen and oxygen atoms in total. The monoisotopic (exact) mass is 189 g/mol. The highest BCUT2D eigenvalue weighted by atomic mass is 16.4. The Bertz CT molecular complexity index is 408. The number of oxime groups is 1. The highest BCUT2D eigenvalue weighted by molar-refractivity contribution is 6.25. The van der Waals surface area contributed by atoms with Crippen LogP contribution in [-0.2, 0) is 0 Å². The maximum absolute atomic E-state index is 9.30. The van der Waals surface area contributed by atoms with Gasteiger partial charge in [0.1, 0.15) is 5.75 Å². The van der Waals surface area contributed by atoms with Crippen molar-refractivity contribution in [1.82, 2.24) is 0 Å². The second-order valence-corrected chi connectivity index (χ2v) is 3.25. The van der Waals surface area contributed by atoms with Crippen molar-refractivity contribution < 1.29 is 10.3 Å². The summed E-state index contributed by atoms with van der Waals surface area (Å²) in [5.74, 6) is 0.229. The predicted octanol–water partition coefficient (Wildman–Crippen LogP) is 2.40. The van der Waals surface area contributed by atoms with Gasteiger partial charge in [0.25, 0.3) is 0 Å². The van der Waals surface area contributed by atoms with E-state index >= 15 is 0 Å². The van der Waals surface area contributed by atoms with Gasteiger partial charge in [-0.25, -0.2) is 0 Å². The molecule has 1 aromatic carbocycles. The molecular weight excluding hydrogens is 178 g/mol. The van der Waals surface area contributed by atoms with E-state index < -0.39 is 0 Å². The summed E-state index contributed by atoms with van der Waals surface area (Å²) < 4.78 is 0. The van der Waals surface area contributed by atoms with Crippen molar-refractivity contribution in [3.8, 4) is 5.75 Å². The molecule has 2 rings (SSSR count). The number of nitrogens with zero attached hydrogens (tertiary/aromatic N) is 1. The van der Waals surface area contributed by atoms with Crippen LogP contribution < -0.4 is 0 Å². The maximum Gasteiger partial charge on any atom is 0.116 e. The third-order valence-electron chi connectivity index (χ3n) is 2.32. The lowest BCUT2D eigenvalue weighted by Gasteiger charge is -2.03. The van der Waals surface area contributed by atoms with Crippen LogP contribution in [0.3, 0.4) is 0 Å². The van der Waals surface area contributed by atoms with Crippen molar-refractivity contribution in [2.75, 3.05) is 0 Å². The molecule has 14 heavy (non-hydrogen) atoms. The van der Waals surface area contributed by atoms with Crippen molar-refractivity contribution in [3.05, 3.63) is 35.9 Å². The quantitative estimate of drug-likeness (QED) is 0.526. The molecule has 0 fully saturated rings. The fourth-order valence-corrected chi connectivity index (χ4v) is 1.67. The average molecular weight is 189 g/mol. The highest BCUT2D eigenvalue weighted by Crippen LogP contribution is 2.27. The Balaban J connectivity index is 2.40. The lowest BCUT2D eigenvalue weighted by atomic mass is 10.0. The Hall–Kier alpha value is -1.77. The molecule has 3 heteroatoms. The van der Waals surface area contributed by atoms with E-state index in [-0.39, 0.29) is 5.75 Å². The second-order valence-electron chi connectivity index (χ2n) is 3.25. The zero-order valence-corrected chi connectivity index (χ0v) is 7.64. The summed E-state index contributed by atoms with van der Waals surface area (Å²) in [6.45, 7) is 0. The van der Waals surface area contributed by atoms with Crippen LogP contribution in [0.25, 0.3) is 5.57 Å². The van der Waals surface area contributed by atoms with Gasteiger partial charge in [0, 0.05) is 5.57 Å². The standard InChI is InChI=1S/C11H11NO2/c13-9-4-1-3-8(7-9)10-5-2-6-11(10)12-14/h1,3-5,7,13-14H,2,6H2. The molecule has 0 spiro atoms. The third kappa shape index (κ3) is 1.48. The van der Waals surface area contributed by atoms with Crippen molar-refractivity contribution in [1.29, 1.82) is 0 Å². The lowest BCUT2D eigenvalue weighted by molar-refractivity contribution is 0.319. The first-order valence-corrected chi connectivity index (χ1v) is 4.52. The number of benzene rings is 1. The molecule has 0 atom stereocenters. The van der Waals surface area contributed by atoms with Crippen LogP contribution in [0.4, 0.5) is 0 Å². The molecule has 0 radical (unpaired) electrons. The van der Waals surface area contributed by atoms with Gasteiger partial charge in [-0.05, 0) is 30.5 Å². The number of aromatic hydroxyl groups is 1. The fourth-order valence-electron chi connectivity index (χ4n) is 1.67. The second kappa shape index (κ2) is 3.54. The molecule has 1 aliphatic rings. The van der Waals surface area contributed by atoms with Crippen molar-refractivity contribution >= 4 is 11.3 Å². The summed E-state index contributed by atoms with van der Waals surface area (Å²) in [6.07, 6.45) is 3.68. The van der Waals surface area contributed by atoms with Gasteiger partial charge < -0.3 is 10.3 Å². The van der Waals surface area contributed by atoms with Crippen molar-refractivity contribution in [2.24, 2.45) is 5.16 Å². The van der Waals surface area contributed by atoms with Gasteiger partial charge in [-0.3, -0.25) is 0 Å². The minimum atomic E-state index is 0.229. The van der Waals surface area contributed by atoms with Crippen LogP contribution in [0.15, 0.2) is 35.5 Å². The van der Waals surface area contributed by atoms with Crippen molar-refractivity contribution in [2.45, 2.75) is 12.8 Å². The number of phenolic OH excluding ortho intramolecular Hbond substituents is 1. The van der Waals surface area contributed by atoms with Crippen LogP contribution in [0.1, 0.15) is 18.4 Å². The summed E-state index contributed by atoms with van der Waals surface area (Å²) in [6, 6.07) is 6.96. The predicted molar refractivity (Wildman–Crippen MR) is 54.5 cm³/mol. The van der Waals surface area contributed by atoms with E-state index in [4.69, 9.17) is 5.21 Å². The third-order valence-corrected chi connectivity index (χ3v) is 2.32. The number of hydrogen-bond donors (Lipinski definition) is 2. The van der Waals surface area contributed by atoms with E-state index in [1.54, 1.807) is 18.2 Å². The van der Waals surface area contributed by atoms with E-state index in [9.17, 15) is 5.11 Å². The largest absolute Gasteiger partial charge is 0.508 e. The minimum Gasteiger partial charge on any atom is -0.508 e. The van der Waals surface area contributed by atoms with Crippen LogP contribution in [0, 0.1) is 0 Å². The molecular formula is C11H11NO2. The summed E-state index contributed by atoms with van der Waals surface area (Å²) in [4.78, 5) is 0. The Kier molecular flexibility index (Phi) is 2.23. The lowest BCUT2D eigenvalue weighted by Crippen LogP contribution is -1.95. The SMILES string of the molecule is ON=C1CCC=C1c1cccc(O)c1. The van der Waals surface area contributed by atoms with E-state index in [2.05, 4.69) is 5.16 Å². The molecule has 0 amide bonds. The Morgan fingerprint density at radius 1 is 1.29 bits per heavy atom. The Labute approximate surface area is 82.0 Å². The molecule has 0 aliphatic heterocycles. The van der Waals surface area contributed by atoms with Gasteiger partial charge in [-0.1, -0.05) is 23.4 Å². The van der Waals surface area contributed by atoms with Gasteiger partial charge >= 0.3 is 0 Å². The van der Waals surface area contributed by atoms with E-state index in [1.807, 2.05) is 12.1 Å². The summed E-state index contributed by atoms with van der Waals surface area (Å²) >= 11 is 0. The summed E-state index contributed by atoms with van der Waals surface area (Å²) in [5.41, 5.74) is 2.51. The number of hydrogen-bond acceptors (Lipinski definition) is 3. The van der Waals surface area contributed by atoms with E-state index in [0.29, 0.717) is 5.71 Å². The van der Waals surface area contributed by atoms with Gasteiger partial charge in [-0.2, -0.15) is 0 Å². The number of rotatable bonds is 1. The topological polar surface area (TPSA) is 52.8 Å². The highest BCUT2D eigenvalue weighted by Gasteiger charge is 2.15. The fraction of sp³-hybridized carbons (Fsp3) is 0.182. The van der Waals surface area contributed by atoms with Crippen LogP contribution >= 0.6 is 0 Å². The minimum absolute atomic E-state index is 0.229. The zero-order chi connectivity index (χ0) is 9.97. The molecule has 2 N–H and O–H groups in total. The Morgan fingerprint density at radius 3 is 2.86 bits per heavy atom. The molecule has 0 aromatic heterocycles. The number of phenols is 1. The number of allylic oxidation sites excluding steroid dienone is 2. The maximum atomic E-state index is 9.30. The molecule has 0 saturated heterocycles.